The zero-order valence-electron chi connectivity index (χ0n) is 13.8. The van der Waals surface area contributed by atoms with Gasteiger partial charge in [-0.1, -0.05) is 12.1 Å². The van der Waals surface area contributed by atoms with Crippen LogP contribution in [-0.4, -0.2) is 36.0 Å². The normalized spacial score (nSPS) is 11.6. The van der Waals surface area contributed by atoms with Crippen LogP contribution in [0.4, 0.5) is 4.39 Å². The van der Waals surface area contributed by atoms with Gasteiger partial charge >= 0.3 is 0 Å². The third kappa shape index (κ3) is 5.63. The summed E-state index contributed by atoms with van der Waals surface area (Å²) in [6, 6.07) is 6.67. The number of aryl methyl sites for hydroxylation is 1. The Bertz CT molecular complexity index is 654. The molecule has 1 N–H and O–H groups in total. The second-order valence-electron chi connectivity index (χ2n) is 5.33. The molecule has 0 bridgehead atoms. The van der Waals surface area contributed by atoms with Crippen LogP contribution in [0.5, 0.6) is 0 Å². The van der Waals surface area contributed by atoms with Crippen LogP contribution in [0.25, 0.3) is 0 Å². The fraction of sp³-hybridized carbons (Fsp3) is 0.412. The molecule has 1 heterocycles. The first-order valence-corrected chi connectivity index (χ1v) is 8.61. The Kier molecular flexibility index (Phi) is 6.52. The van der Waals surface area contributed by atoms with Crippen molar-refractivity contribution >= 4 is 17.3 Å². The molecule has 0 aliphatic rings. The van der Waals surface area contributed by atoms with E-state index in [9.17, 15) is 4.39 Å². The number of nitrogens with one attached hydrogen (secondary N) is 1. The van der Waals surface area contributed by atoms with Crippen LogP contribution in [0.2, 0.25) is 0 Å². The second kappa shape index (κ2) is 8.62. The average Bonchev–Trinajstić information content (AvgIpc) is 2.91. The van der Waals surface area contributed by atoms with Gasteiger partial charge in [-0.15, -0.1) is 11.3 Å². The van der Waals surface area contributed by atoms with Gasteiger partial charge in [-0.25, -0.2) is 9.37 Å². The molecule has 23 heavy (non-hydrogen) atoms. The lowest BCUT2D eigenvalue weighted by Crippen LogP contribution is -2.38. The largest absolute Gasteiger partial charge is 0.357 e. The number of thiazole rings is 1. The summed E-state index contributed by atoms with van der Waals surface area (Å²) in [6.45, 7) is 6.19. The molecule has 1 aromatic carbocycles. The zero-order valence-corrected chi connectivity index (χ0v) is 14.7. The first-order chi connectivity index (χ1) is 11.1. The lowest BCUT2D eigenvalue weighted by Gasteiger charge is -2.21. The van der Waals surface area contributed by atoms with Crippen LogP contribution in [0.15, 0.2) is 34.6 Å². The lowest BCUT2D eigenvalue weighted by atomic mass is 10.1. The third-order valence-electron chi connectivity index (χ3n) is 3.31. The van der Waals surface area contributed by atoms with E-state index in [0.29, 0.717) is 6.54 Å². The Hall–Kier alpha value is -1.95. The van der Waals surface area contributed by atoms with Crippen molar-refractivity contribution in [2.24, 2.45) is 4.99 Å². The molecule has 0 atom stereocenters. The highest BCUT2D eigenvalue weighted by Crippen LogP contribution is 2.10. The topological polar surface area (TPSA) is 40.5 Å². The summed E-state index contributed by atoms with van der Waals surface area (Å²) < 4.78 is 13.2. The van der Waals surface area contributed by atoms with Crippen LogP contribution >= 0.6 is 11.3 Å². The quantitative estimate of drug-likeness (QED) is 0.651. The van der Waals surface area contributed by atoms with E-state index in [0.717, 1.165) is 41.7 Å². The fourth-order valence-corrected chi connectivity index (χ4v) is 2.86. The van der Waals surface area contributed by atoms with Crippen LogP contribution in [-0.2, 0) is 13.0 Å². The summed E-state index contributed by atoms with van der Waals surface area (Å²) in [5, 5.41) is 6.43. The highest BCUT2D eigenvalue weighted by atomic mass is 32.1. The highest BCUT2D eigenvalue weighted by Gasteiger charge is 2.08. The molecule has 0 aliphatic carbocycles. The Balaban J connectivity index is 1.95. The minimum Gasteiger partial charge on any atom is -0.357 e. The number of hydrogen-bond donors (Lipinski definition) is 1. The van der Waals surface area contributed by atoms with E-state index >= 15 is 0 Å². The van der Waals surface area contributed by atoms with E-state index in [-0.39, 0.29) is 5.82 Å². The first-order valence-electron chi connectivity index (χ1n) is 7.73. The number of hydrogen-bond acceptors (Lipinski definition) is 3. The molecular formula is C17H23FN4S. The number of benzene rings is 1. The van der Waals surface area contributed by atoms with Gasteiger partial charge < -0.3 is 10.2 Å². The van der Waals surface area contributed by atoms with Crippen LogP contribution in [0.3, 0.4) is 0 Å². The van der Waals surface area contributed by atoms with E-state index in [2.05, 4.69) is 25.6 Å². The Morgan fingerprint density at radius 1 is 1.43 bits per heavy atom. The van der Waals surface area contributed by atoms with Gasteiger partial charge in [0, 0.05) is 25.5 Å². The number of aromatic nitrogens is 1. The maximum absolute atomic E-state index is 13.2. The molecule has 1 aromatic heterocycles. The van der Waals surface area contributed by atoms with E-state index in [1.54, 1.807) is 23.5 Å². The summed E-state index contributed by atoms with van der Waals surface area (Å²) in [6.07, 6.45) is 0.719. The maximum atomic E-state index is 13.2. The van der Waals surface area contributed by atoms with E-state index < -0.39 is 0 Å². The monoisotopic (exact) mass is 334 g/mol. The smallest absolute Gasteiger partial charge is 0.194 e. The molecule has 2 rings (SSSR count). The van der Waals surface area contributed by atoms with Crippen molar-refractivity contribution in [3.63, 3.8) is 0 Å². The minimum absolute atomic E-state index is 0.200. The van der Waals surface area contributed by atoms with Crippen molar-refractivity contribution in [2.45, 2.75) is 26.8 Å². The third-order valence-corrected chi connectivity index (χ3v) is 4.14. The standard InChI is InChI=1S/C17H23FN4S/c1-4-19-17(22(3)11-16-12-23-13(2)21-16)20-9-8-14-6-5-7-15(18)10-14/h5-7,10,12H,4,8-9,11H2,1-3H3,(H,19,20). The average molecular weight is 334 g/mol. The highest BCUT2D eigenvalue weighted by molar-refractivity contribution is 7.09. The second-order valence-corrected chi connectivity index (χ2v) is 6.39. The minimum atomic E-state index is -0.200. The first kappa shape index (κ1) is 17.4. The number of nitrogens with zero attached hydrogens (tertiary/aromatic N) is 3. The van der Waals surface area contributed by atoms with Crippen molar-refractivity contribution in [3.05, 3.63) is 51.7 Å². The van der Waals surface area contributed by atoms with Crippen molar-refractivity contribution in [1.29, 1.82) is 0 Å². The SMILES string of the molecule is CCNC(=NCCc1cccc(F)c1)N(C)Cc1csc(C)n1. The van der Waals surface area contributed by atoms with Crippen LogP contribution in [0.1, 0.15) is 23.2 Å². The molecule has 0 saturated carbocycles. The molecule has 0 unspecified atom stereocenters. The predicted octanol–water partition coefficient (Wildman–Crippen LogP) is 3.23. The number of halogens is 1. The summed E-state index contributed by atoms with van der Waals surface area (Å²) >= 11 is 1.65. The molecule has 0 spiro atoms. The number of guanidine groups is 1. The summed E-state index contributed by atoms with van der Waals surface area (Å²) in [7, 11) is 2.00. The molecule has 0 amide bonds. The lowest BCUT2D eigenvalue weighted by molar-refractivity contribution is 0.471. The van der Waals surface area contributed by atoms with Gasteiger partial charge in [-0.2, -0.15) is 0 Å². The molecule has 4 nitrogen and oxygen atoms in total. The summed E-state index contributed by atoms with van der Waals surface area (Å²) in [4.78, 5) is 11.2. The number of aliphatic imine (C=N–C) groups is 1. The van der Waals surface area contributed by atoms with Crippen molar-refractivity contribution in [1.82, 2.24) is 15.2 Å². The molecule has 124 valence electrons. The van der Waals surface area contributed by atoms with Gasteiger partial charge in [0.05, 0.1) is 17.2 Å². The maximum Gasteiger partial charge on any atom is 0.194 e. The molecule has 6 heteroatoms. The molecular weight excluding hydrogens is 311 g/mol. The van der Waals surface area contributed by atoms with E-state index in [1.807, 2.05) is 27.0 Å². The Labute approximate surface area is 141 Å². The molecule has 0 radical (unpaired) electrons. The van der Waals surface area contributed by atoms with Gasteiger partial charge in [-0.3, -0.25) is 4.99 Å². The molecule has 0 saturated heterocycles. The Morgan fingerprint density at radius 3 is 2.91 bits per heavy atom. The molecule has 0 fully saturated rings. The fourth-order valence-electron chi connectivity index (χ4n) is 2.25. The predicted molar refractivity (Wildman–Crippen MR) is 94.4 cm³/mol. The van der Waals surface area contributed by atoms with E-state index in [1.165, 1.54) is 6.07 Å². The van der Waals surface area contributed by atoms with Crippen LogP contribution in [0, 0.1) is 12.7 Å². The number of rotatable bonds is 6. The molecule has 2 aromatic rings. The van der Waals surface area contributed by atoms with Gasteiger partial charge in [0.1, 0.15) is 5.82 Å². The van der Waals surface area contributed by atoms with Gasteiger partial charge in [-0.05, 0) is 38.0 Å². The van der Waals surface area contributed by atoms with Gasteiger partial charge in [0.2, 0.25) is 0 Å². The van der Waals surface area contributed by atoms with Crippen molar-refractivity contribution in [3.8, 4) is 0 Å². The van der Waals surface area contributed by atoms with Gasteiger partial charge in [0.15, 0.2) is 5.96 Å². The summed E-state index contributed by atoms with van der Waals surface area (Å²) in [5.74, 6) is 0.643. The summed E-state index contributed by atoms with van der Waals surface area (Å²) in [5.41, 5.74) is 2.01. The van der Waals surface area contributed by atoms with Crippen LogP contribution < -0.4 is 5.32 Å². The Morgan fingerprint density at radius 2 is 2.26 bits per heavy atom. The zero-order chi connectivity index (χ0) is 16.7. The van der Waals surface area contributed by atoms with Crippen molar-refractivity contribution < 1.29 is 4.39 Å². The van der Waals surface area contributed by atoms with Gasteiger partial charge in [0.25, 0.3) is 0 Å². The molecule has 0 aliphatic heterocycles. The van der Waals surface area contributed by atoms with E-state index in [4.69, 9.17) is 0 Å². The van der Waals surface area contributed by atoms with Crippen molar-refractivity contribution in [2.75, 3.05) is 20.1 Å².